The zero-order valence-electron chi connectivity index (χ0n) is 17.7. The van der Waals surface area contributed by atoms with Gasteiger partial charge in [0, 0.05) is 28.4 Å². The van der Waals surface area contributed by atoms with Gasteiger partial charge in [-0.2, -0.15) is 0 Å². The normalized spacial score (nSPS) is 11.2. The number of hydrogen-bond donors (Lipinski definition) is 2. The molecule has 32 heavy (non-hydrogen) atoms. The van der Waals surface area contributed by atoms with E-state index in [0.717, 1.165) is 44.2 Å². The molecule has 0 aliphatic heterocycles. The lowest BCUT2D eigenvalue weighted by Crippen LogP contribution is -2.26. The zero-order chi connectivity index (χ0) is 22.1. The fraction of sp³-hybridized carbons (Fsp3) is 0.111. The Balaban J connectivity index is 1.53. The number of fused-ring (bicyclic) bond motifs is 3. The summed E-state index contributed by atoms with van der Waals surface area (Å²) in [5.41, 5.74) is 5.94. The van der Waals surface area contributed by atoms with Crippen molar-refractivity contribution in [1.82, 2.24) is 15.3 Å². The van der Waals surface area contributed by atoms with Crippen LogP contribution < -0.4 is 5.32 Å². The molecule has 0 saturated carbocycles. The van der Waals surface area contributed by atoms with E-state index in [1.54, 1.807) is 6.07 Å². The number of pyridine rings is 1. The maximum absolute atomic E-state index is 13.4. The molecule has 0 fully saturated rings. The standard InChI is InChI=1S/C27H22FN3O/c1-17-7-2-3-10-20(17)25-26-22(21-11-4-5-12-23(21)30-26)16-24(31-25)27(32)29-14-13-18-8-6-9-19(28)15-18/h2-12,15-16,30H,13-14H2,1H3,(H,29,32). The van der Waals surface area contributed by atoms with Crippen molar-refractivity contribution in [3.8, 4) is 11.3 Å². The number of para-hydroxylation sites is 1. The molecule has 5 heteroatoms. The number of aromatic nitrogens is 2. The number of nitrogens with zero attached hydrogens (tertiary/aromatic N) is 1. The molecule has 0 aliphatic carbocycles. The molecule has 2 aromatic heterocycles. The summed E-state index contributed by atoms with van der Waals surface area (Å²) in [4.78, 5) is 21.3. The summed E-state index contributed by atoms with van der Waals surface area (Å²) in [7, 11) is 0. The molecule has 0 unspecified atom stereocenters. The topological polar surface area (TPSA) is 57.8 Å². The maximum atomic E-state index is 13.4. The largest absolute Gasteiger partial charge is 0.353 e. The summed E-state index contributed by atoms with van der Waals surface area (Å²) < 4.78 is 13.4. The second-order valence-corrected chi connectivity index (χ2v) is 7.90. The molecule has 4 nitrogen and oxygen atoms in total. The number of carbonyl (C=O) groups is 1. The van der Waals surface area contributed by atoms with Gasteiger partial charge in [-0.25, -0.2) is 9.37 Å². The molecule has 2 N–H and O–H groups in total. The van der Waals surface area contributed by atoms with E-state index in [1.807, 2.05) is 67.6 Å². The van der Waals surface area contributed by atoms with Crippen LogP contribution in [-0.4, -0.2) is 22.4 Å². The third kappa shape index (κ3) is 3.73. The van der Waals surface area contributed by atoms with E-state index in [0.29, 0.717) is 18.7 Å². The van der Waals surface area contributed by atoms with Crippen LogP contribution in [0.25, 0.3) is 33.1 Å². The number of benzene rings is 3. The van der Waals surface area contributed by atoms with Crippen molar-refractivity contribution in [3.05, 3.63) is 102 Å². The lowest BCUT2D eigenvalue weighted by molar-refractivity contribution is 0.0949. The number of hydrogen-bond acceptors (Lipinski definition) is 2. The first-order chi connectivity index (χ1) is 15.6. The summed E-state index contributed by atoms with van der Waals surface area (Å²) in [5, 5.41) is 4.94. The summed E-state index contributed by atoms with van der Waals surface area (Å²) in [5.74, 6) is -0.522. The number of carbonyl (C=O) groups excluding carboxylic acids is 1. The van der Waals surface area contributed by atoms with Crippen LogP contribution in [0.1, 0.15) is 21.6 Å². The highest BCUT2D eigenvalue weighted by atomic mass is 19.1. The van der Waals surface area contributed by atoms with Crippen molar-refractivity contribution in [2.24, 2.45) is 0 Å². The van der Waals surface area contributed by atoms with Crippen molar-refractivity contribution in [3.63, 3.8) is 0 Å². The molecule has 0 saturated heterocycles. The minimum absolute atomic E-state index is 0.247. The minimum Gasteiger partial charge on any atom is -0.353 e. The molecule has 0 radical (unpaired) electrons. The summed E-state index contributed by atoms with van der Waals surface area (Å²) in [6.45, 7) is 2.44. The monoisotopic (exact) mass is 423 g/mol. The Hall–Kier alpha value is -3.99. The highest BCUT2D eigenvalue weighted by Gasteiger charge is 2.17. The number of nitrogens with one attached hydrogen (secondary N) is 2. The molecular formula is C27H22FN3O. The van der Waals surface area contributed by atoms with Crippen molar-refractivity contribution in [1.29, 1.82) is 0 Å². The molecule has 1 amide bonds. The second kappa shape index (κ2) is 8.27. The first-order valence-electron chi connectivity index (χ1n) is 10.6. The van der Waals surface area contributed by atoms with Gasteiger partial charge >= 0.3 is 0 Å². The van der Waals surface area contributed by atoms with Crippen LogP contribution in [0.3, 0.4) is 0 Å². The number of halogens is 1. The van der Waals surface area contributed by atoms with Gasteiger partial charge in [-0.15, -0.1) is 0 Å². The number of aromatic amines is 1. The SMILES string of the molecule is Cc1ccccc1-c1nc(C(=O)NCCc2cccc(F)c2)cc2c1[nH]c1ccccc12. The fourth-order valence-electron chi connectivity index (χ4n) is 4.10. The van der Waals surface area contributed by atoms with Gasteiger partial charge in [0.1, 0.15) is 11.5 Å². The van der Waals surface area contributed by atoms with Crippen LogP contribution in [0.15, 0.2) is 78.9 Å². The lowest BCUT2D eigenvalue weighted by atomic mass is 10.0. The van der Waals surface area contributed by atoms with Gasteiger partial charge in [-0.05, 0) is 48.7 Å². The Morgan fingerprint density at radius 3 is 2.62 bits per heavy atom. The molecule has 0 spiro atoms. The highest BCUT2D eigenvalue weighted by molar-refractivity contribution is 6.13. The Morgan fingerprint density at radius 2 is 1.78 bits per heavy atom. The Labute approximate surface area is 185 Å². The van der Waals surface area contributed by atoms with Crippen LogP contribution in [-0.2, 0) is 6.42 Å². The Morgan fingerprint density at radius 1 is 0.969 bits per heavy atom. The number of rotatable bonds is 5. The zero-order valence-corrected chi connectivity index (χ0v) is 17.7. The molecule has 5 rings (SSSR count). The molecule has 2 heterocycles. The second-order valence-electron chi connectivity index (χ2n) is 7.90. The molecule has 0 aliphatic rings. The molecule has 0 atom stereocenters. The maximum Gasteiger partial charge on any atom is 0.269 e. The van der Waals surface area contributed by atoms with E-state index in [2.05, 4.69) is 10.3 Å². The van der Waals surface area contributed by atoms with E-state index in [1.165, 1.54) is 12.1 Å². The fourth-order valence-corrected chi connectivity index (χ4v) is 4.10. The minimum atomic E-state index is -0.275. The van der Waals surface area contributed by atoms with E-state index in [4.69, 9.17) is 4.98 Å². The van der Waals surface area contributed by atoms with Crippen molar-refractivity contribution < 1.29 is 9.18 Å². The quantitative estimate of drug-likeness (QED) is 0.375. The Kier molecular flexibility index (Phi) is 5.15. The summed E-state index contributed by atoms with van der Waals surface area (Å²) in [6, 6.07) is 24.3. The molecule has 158 valence electrons. The predicted octanol–water partition coefficient (Wildman–Crippen LogP) is 5.80. The Bertz CT molecular complexity index is 1450. The third-order valence-electron chi connectivity index (χ3n) is 5.72. The van der Waals surface area contributed by atoms with Crippen LogP contribution in [0.5, 0.6) is 0 Å². The van der Waals surface area contributed by atoms with Gasteiger partial charge in [0.05, 0.1) is 11.2 Å². The smallest absolute Gasteiger partial charge is 0.269 e. The van der Waals surface area contributed by atoms with E-state index >= 15 is 0 Å². The van der Waals surface area contributed by atoms with Crippen LogP contribution in [0.2, 0.25) is 0 Å². The van der Waals surface area contributed by atoms with Crippen molar-refractivity contribution in [2.45, 2.75) is 13.3 Å². The van der Waals surface area contributed by atoms with Gasteiger partial charge in [-0.3, -0.25) is 4.79 Å². The third-order valence-corrected chi connectivity index (χ3v) is 5.72. The number of aryl methyl sites for hydroxylation is 1. The molecule has 3 aromatic carbocycles. The predicted molar refractivity (Wildman–Crippen MR) is 126 cm³/mol. The van der Waals surface area contributed by atoms with Crippen molar-refractivity contribution in [2.75, 3.05) is 6.54 Å². The van der Waals surface area contributed by atoms with Crippen LogP contribution in [0.4, 0.5) is 4.39 Å². The molecular weight excluding hydrogens is 401 g/mol. The number of amides is 1. The van der Waals surface area contributed by atoms with Crippen LogP contribution in [0, 0.1) is 12.7 Å². The van der Waals surface area contributed by atoms with Crippen molar-refractivity contribution >= 4 is 27.7 Å². The van der Waals surface area contributed by atoms with E-state index < -0.39 is 0 Å². The van der Waals surface area contributed by atoms with Gasteiger partial charge in [0.25, 0.3) is 5.91 Å². The summed E-state index contributed by atoms with van der Waals surface area (Å²) in [6.07, 6.45) is 0.545. The van der Waals surface area contributed by atoms with Gasteiger partial charge in [0.2, 0.25) is 0 Å². The molecule has 5 aromatic rings. The first-order valence-corrected chi connectivity index (χ1v) is 10.6. The van der Waals surface area contributed by atoms with E-state index in [9.17, 15) is 9.18 Å². The first kappa shape index (κ1) is 19.9. The van der Waals surface area contributed by atoms with Crippen LogP contribution >= 0.6 is 0 Å². The van der Waals surface area contributed by atoms with Gasteiger partial charge in [0.15, 0.2) is 0 Å². The molecule has 0 bridgehead atoms. The van der Waals surface area contributed by atoms with E-state index in [-0.39, 0.29) is 11.7 Å². The lowest BCUT2D eigenvalue weighted by Gasteiger charge is -2.10. The van der Waals surface area contributed by atoms with Gasteiger partial charge < -0.3 is 10.3 Å². The number of H-pyrrole nitrogens is 1. The van der Waals surface area contributed by atoms with Gasteiger partial charge in [-0.1, -0.05) is 54.6 Å². The average molecular weight is 423 g/mol. The summed E-state index contributed by atoms with van der Waals surface area (Å²) >= 11 is 0. The highest BCUT2D eigenvalue weighted by Crippen LogP contribution is 2.33. The average Bonchev–Trinajstić information content (AvgIpc) is 3.18.